The number of fused-ring (bicyclic) bond motifs is 1. The van der Waals surface area contributed by atoms with Crippen LogP contribution < -0.4 is 19.6 Å². The van der Waals surface area contributed by atoms with Crippen LogP contribution in [0.3, 0.4) is 0 Å². The van der Waals surface area contributed by atoms with Crippen LogP contribution in [0.1, 0.15) is 31.2 Å². The van der Waals surface area contributed by atoms with Gasteiger partial charge in [-0.15, -0.1) is 0 Å². The SMILES string of the molecule is CCOC(=O)C1=C(C)N=c2s/c(=C\c3cc(Br)c(O)c(OC)c3)c(=O)n2[C@@H]1c1ccc(-c2ccc(Cl)c(Cl)c2)o1. The van der Waals surface area contributed by atoms with E-state index in [-0.39, 0.29) is 29.2 Å². The number of hydrogen-bond acceptors (Lipinski definition) is 8. The van der Waals surface area contributed by atoms with Gasteiger partial charge in [0.2, 0.25) is 0 Å². The number of hydrogen-bond donors (Lipinski definition) is 1. The fraction of sp³-hybridized carbons (Fsp3) is 0.179. The van der Waals surface area contributed by atoms with Gasteiger partial charge in [-0.3, -0.25) is 9.36 Å². The Balaban J connectivity index is 1.69. The first kappa shape index (κ1) is 28.2. The summed E-state index contributed by atoms with van der Waals surface area (Å²) in [5.74, 6) is 0.431. The van der Waals surface area contributed by atoms with E-state index in [2.05, 4.69) is 20.9 Å². The van der Waals surface area contributed by atoms with Crippen molar-refractivity contribution in [1.82, 2.24) is 4.57 Å². The molecule has 40 heavy (non-hydrogen) atoms. The number of halogens is 3. The van der Waals surface area contributed by atoms with Crippen molar-refractivity contribution in [2.75, 3.05) is 13.7 Å². The van der Waals surface area contributed by atoms with Gasteiger partial charge in [0.1, 0.15) is 17.6 Å². The zero-order chi connectivity index (χ0) is 28.7. The van der Waals surface area contributed by atoms with Crippen molar-refractivity contribution in [3.63, 3.8) is 0 Å². The Kier molecular flexibility index (Phi) is 7.96. The summed E-state index contributed by atoms with van der Waals surface area (Å²) in [7, 11) is 1.44. The number of allylic oxidation sites excluding steroid dienone is 1. The Hall–Kier alpha value is -3.31. The molecule has 4 aromatic rings. The van der Waals surface area contributed by atoms with E-state index in [1.165, 1.54) is 23.0 Å². The number of phenolic OH excluding ortho intramolecular Hbond substituents is 1. The van der Waals surface area contributed by atoms with Gasteiger partial charge in [0.15, 0.2) is 16.3 Å². The highest BCUT2D eigenvalue weighted by atomic mass is 79.9. The molecule has 1 atom stereocenters. The largest absolute Gasteiger partial charge is 0.503 e. The summed E-state index contributed by atoms with van der Waals surface area (Å²) in [4.78, 5) is 31.9. The molecule has 8 nitrogen and oxygen atoms in total. The number of rotatable bonds is 6. The van der Waals surface area contributed by atoms with Crippen LogP contribution in [0.15, 0.2) is 72.4 Å². The zero-order valence-electron chi connectivity index (χ0n) is 21.3. The molecule has 0 aliphatic carbocycles. The average Bonchev–Trinajstić information content (AvgIpc) is 3.52. The Morgan fingerprint density at radius 2 is 2.00 bits per heavy atom. The number of aromatic hydroxyl groups is 1. The molecule has 0 bridgehead atoms. The van der Waals surface area contributed by atoms with E-state index in [4.69, 9.17) is 37.1 Å². The summed E-state index contributed by atoms with van der Waals surface area (Å²) < 4.78 is 19.0. The van der Waals surface area contributed by atoms with E-state index in [1.807, 2.05) is 0 Å². The van der Waals surface area contributed by atoms with E-state index >= 15 is 0 Å². The molecule has 1 N–H and O–H groups in total. The Labute approximate surface area is 250 Å². The molecular weight excluding hydrogens is 643 g/mol. The summed E-state index contributed by atoms with van der Waals surface area (Å²) in [6, 6.07) is 10.9. The lowest BCUT2D eigenvalue weighted by atomic mass is 10.0. The maximum absolute atomic E-state index is 13.8. The van der Waals surface area contributed by atoms with Gasteiger partial charge in [-0.2, -0.15) is 0 Å². The third-order valence-electron chi connectivity index (χ3n) is 6.19. The normalized spacial score (nSPS) is 15.2. The van der Waals surface area contributed by atoms with Crippen LogP contribution >= 0.6 is 50.5 Å². The maximum atomic E-state index is 13.8. The maximum Gasteiger partial charge on any atom is 0.338 e. The molecule has 0 unspecified atom stereocenters. The summed E-state index contributed by atoms with van der Waals surface area (Å²) in [6.45, 7) is 3.55. The summed E-state index contributed by atoms with van der Waals surface area (Å²) in [6.07, 6.45) is 1.67. The summed E-state index contributed by atoms with van der Waals surface area (Å²) >= 11 is 16.7. The van der Waals surface area contributed by atoms with Crippen LogP contribution in [-0.2, 0) is 9.53 Å². The number of benzene rings is 2. The van der Waals surface area contributed by atoms with Crippen LogP contribution in [0.2, 0.25) is 10.0 Å². The molecular formula is C28H21BrCl2N2O6S. The molecule has 1 aliphatic rings. The lowest BCUT2D eigenvalue weighted by Gasteiger charge is -2.22. The molecule has 5 rings (SSSR count). The highest BCUT2D eigenvalue weighted by Gasteiger charge is 2.35. The minimum Gasteiger partial charge on any atom is -0.503 e. The topological polar surface area (TPSA) is 103 Å². The predicted molar refractivity (Wildman–Crippen MR) is 157 cm³/mol. The lowest BCUT2D eigenvalue weighted by Crippen LogP contribution is -2.39. The van der Waals surface area contributed by atoms with E-state index in [0.29, 0.717) is 52.2 Å². The summed E-state index contributed by atoms with van der Waals surface area (Å²) in [5, 5.41) is 10.9. The summed E-state index contributed by atoms with van der Waals surface area (Å²) in [5.41, 5.74) is 1.53. The number of methoxy groups -OCH3 is 1. The number of thiazole rings is 1. The van der Waals surface area contributed by atoms with Crippen molar-refractivity contribution in [3.05, 3.63) is 99.3 Å². The molecule has 0 spiro atoms. The quantitative estimate of drug-likeness (QED) is 0.260. The van der Waals surface area contributed by atoms with Crippen molar-refractivity contribution in [2.45, 2.75) is 19.9 Å². The minimum atomic E-state index is -0.921. The van der Waals surface area contributed by atoms with Crippen LogP contribution in [0.25, 0.3) is 17.4 Å². The second-order valence-corrected chi connectivity index (χ2v) is 11.4. The van der Waals surface area contributed by atoms with Crippen molar-refractivity contribution in [1.29, 1.82) is 0 Å². The zero-order valence-corrected chi connectivity index (χ0v) is 25.2. The highest BCUT2D eigenvalue weighted by Crippen LogP contribution is 2.37. The number of esters is 1. The average molecular weight is 664 g/mol. The number of ether oxygens (including phenoxy) is 2. The first-order chi connectivity index (χ1) is 19.1. The van der Waals surface area contributed by atoms with Crippen molar-refractivity contribution < 1.29 is 23.8 Å². The second kappa shape index (κ2) is 11.3. The molecule has 206 valence electrons. The van der Waals surface area contributed by atoms with E-state index < -0.39 is 12.0 Å². The first-order valence-electron chi connectivity index (χ1n) is 11.9. The molecule has 2 aromatic heterocycles. The van der Waals surface area contributed by atoms with E-state index in [1.54, 1.807) is 62.4 Å². The Morgan fingerprint density at radius 3 is 2.70 bits per heavy atom. The number of carbonyl (C=O) groups excluding carboxylic acids is 1. The predicted octanol–water partition coefficient (Wildman–Crippen LogP) is 5.84. The van der Waals surface area contributed by atoms with Gasteiger partial charge in [-0.05, 0) is 83.9 Å². The molecule has 0 saturated carbocycles. The fourth-order valence-corrected chi connectivity index (χ4v) is 6.15. The minimum absolute atomic E-state index is 0.0496. The van der Waals surface area contributed by atoms with Crippen LogP contribution in [0.5, 0.6) is 11.5 Å². The first-order valence-corrected chi connectivity index (χ1v) is 14.3. The van der Waals surface area contributed by atoms with Gasteiger partial charge in [-0.25, -0.2) is 9.79 Å². The monoisotopic (exact) mass is 662 g/mol. The van der Waals surface area contributed by atoms with Crippen LogP contribution in [0, 0.1) is 0 Å². The van der Waals surface area contributed by atoms with E-state index in [0.717, 1.165) is 0 Å². The van der Waals surface area contributed by atoms with Crippen molar-refractivity contribution in [2.24, 2.45) is 4.99 Å². The van der Waals surface area contributed by atoms with E-state index in [9.17, 15) is 14.7 Å². The van der Waals surface area contributed by atoms with Gasteiger partial charge in [0.25, 0.3) is 5.56 Å². The van der Waals surface area contributed by atoms with Gasteiger partial charge in [0, 0.05) is 5.56 Å². The molecule has 0 radical (unpaired) electrons. The van der Waals surface area contributed by atoms with Crippen molar-refractivity contribution >= 4 is 62.5 Å². The molecule has 1 aliphatic heterocycles. The van der Waals surface area contributed by atoms with Crippen LogP contribution in [0.4, 0.5) is 0 Å². The number of furan rings is 1. The number of phenols is 1. The third-order valence-corrected chi connectivity index (χ3v) is 8.51. The third kappa shape index (κ3) is 5.12. The molecule has 3 heterocycles. The molecule has 0 amide bonds. The van der Waals surface area contributed by atoms with Gasteiger partial charge in [0.05, 0.1) is 44.0 Å². The molecule has 12 heteroatoms. The number of nitrogens with zero attached hydrogens (tertiary/aromatic N) is 2. The molecule has 2 aromatic carbocycles. The smallest absolute Gasteiger partial charge is 0.338 e. The molecule has 0 fully saturated rings. The second-order valence-electron chi connectivity index (χ2n) is 8.69. The number of carbonyl (C=O) groups is 1. The number of aromatic nitrogens is 1. The van der Waals surface area contributed by atoms with Gasteiger partial charge in [-0.1, -0.05) is 34.5 Å². The van der Waals surface area contributed by atoms with Crippen molar-refractivity contribution in [3.8, 4) is 22.8 Å². The highest BCUT2D eigenvalue weighted by molar-refractivity contribution is 9.10. The fourth-order valence-electron chi connectivity index (χ4n) is 4.35. The van der Waals surface area contributed by atoms with Gasteiger partial charge < -0.3 is 19.0 Å². The lowest BCUT2D eigenvalue weighted by molar-refractivity contribution is -0.139. The van der Waals surface area contributed by atoms with Crippen LogP contribution in [-0.4, -0.2) is 29.4 Å². The van der Waals surface area contributed by atoms with Gasteiger partial charge >= 0.3 is 5.97 Å². The Morgan fingerprint density at radius 1 is 1.23 bits per heavy atom. The standard InChI is InChI=1S/C28H21BrCl2N2O6S/c1-4-38-27(36)23-13(2)32-28-33(24(23)20-8-7-19(39-20)15-5-6-17(30)18(31)12-15)26(35)22(40-28)11-14-9-16(29)25(34)21(10-14)37-3/h5-12,24,34H,4H2,1-3H3/b22-11-/t24-/m1/s1. The Bertz CT molecular complexity index is 1870. The molecule has 0 saturated heterocycles.